The van der Waals surface area contributed by atoms with Gasteiger partial charge in [0.15, 0.2) is 0 Å². The van der Waals surface area contributed by atoms with E-state index in [9.17, 15) is 4.79 Å². The maximum absolute atomic E-state index is 12.5. The minimum Gasteiger partial charge on any atom is -0.489 e. The molecule has 1 N–H and O–H groups in total. The fourth-order valence-electron chi connectivity index (χ4n) is 2.92. The number of piperidine rings is 1. The standard InChI is InChI=1S/C16H20Cl2N2O3.ClH/c17-13-4-3-11(8-14(13)18)23-12-2-1-6-20(9-12)16(21)15-10-22-7-5-19-15;/h3-4,8,12,15,19H,1-2,5-7,9-10H2;1H. The maximum atomic E-state index is 12.5. The smallest absolute Gasteiger partial charge is 0.242 e. The van der Waals surface area contributed by atoms with Crippen molar-refractivity contribution in [3.63, 3.8) is 0 Å². The second-order valence-corrected chi connectivity index (χ2v) is 6.64. The molecule has 5 nitrogen and oxygen atoms in total. The fraction of sp³-hybridized carbons (Fsp3) is 0.562. The number of hydrogen-bond donors (Lipinski definition) is 1. The molecule has 2 saturated heterocycles. The van der Waals surface area contributed by atoms with Crippen molar-refractivity contribution in [2.24, 2.45) is 0 Å². The van der Waals surface area contributed by atoms with E-state index < -0.39 is 0 Å². The molecule has 2 atom stereocenters. The molecule has 1 aromatic carbocycles. The molecule has 0 radical (unpaired) electrons. The minimum atomic E-state index is -0.243. The third-order valence-electron chi connectivity index (χ3n) is 4.10. The molecule has 2 aliphatic heterocycles. The van der Waals surface area contributed by atoms with Gasteiger partial charge in [-0.25, -0.2) is 0 Å². The Kier molecular flexibility index (Phi) is 7.44. The van der Waals surface area contributed by atoms with Crippen molar-refractivity contribution in [3.05, 3.63) is 28.2 Å². The van der Waals surface area contributed by atoms with E-state index in [0.717, 1.165) is 19.4 Å². The number of benzene rings is 1. The number of carbonyl (C=O) groups is 1. The third kappa shape index (κ3) is 4.90. The quantitative estimate of drug-likeness (QED) is 0.855. The Morgan fingerprint density at radius 1 is 1.33 bits per heavy atom. The van der Waals surface area contributed by atoms with Crippen LogP contribution in [-0.2, 0) is 9.53 Å². The number of nitrogens with zero attached hydrogens (tertiary/aromatic N) is 1. The van der Waals surface area contributed by atoms with Crippen molar-refractivity contribution in [1.82, 2.24) is 10.2 Å². The van der Waals surface area contributed by atoms with Crippen molar-refractivity contribution >= 4 is 41.5 Å². The number of amides is 1. The Morgan fingerprint density at radius 2 is 2.17 bits per heavy atom. The lowest BCUT2D eigenvalue weighted by Crippen LogP contribution is -2.55. The molecule has 24 heavy (non-hydrogen) atoms. The number of nitrogens with one attached hydrogen (secondary N) is 1. The number of likely N-dealkylation sites (tertiary alicyclic amines) is 1. The first-order valence-corrected chi connectivity index (χ1v) is 8.60. The second-order valence-electron chi connectivity index (χ2n) is 5.82. The predicted molar refractivity (Wildman–Crippen MR) is 96.5 cm³/mol. The molecule has 2 heterocycles. The van der Waals surface area contributed by atoms with Crippen LogP contribution >= 0.6 is 35.6 Å². The van der Waals surface area contributed by atoms with Gasteiger partial charge >= 0.3 is 0 Å². The number of ether oxygens (including phenoxy) is 2. The van der Waals surface area contributed by atoms with Gasteiger partial charge in [0.25, 0.3) is 0 Å². The van der Waals surface area contributed by atoms with E-state index in [0.29, 0.717) is 42.1 Å². The summed E-state index contributed by atoms with van der Waals surface area (Å²) >= 11 is 11.9. The summed E-state index contributed by atoms with van der Waals surface area (Å²) in [6.45, 7) is 3.16. The molecule has 0 bridgehead atoms. The van der Waals surface area contributed by atoms with Crippen LogP contribution in [-0.4, -0.2) is 55.8 Å². The summed E-state index contributed by atoms with van der Waals surface area (Å²) < 4.78 is 11.3. The molecule has 3 rings (SSSR count). The summed E-state index contributed by atoms with van der Waals surface area (Å²) in [6.07, 6.45) is 1.80. The fourth-order valence-corrected chi connectivity index (χ4v) is 3.21. The van der Waals surface area contributed by atoms with E-state index in [-0.39, 0.29) is 30.5 Å². The van der Waals surface area contributed by atoms with Gasteiger partial charge in [-0.3, -0.25) is 4.79 Å². The molecule has 0 saturated carbocycles. The molecule has 134 valence electrons. The van der Waals surface area contributed by atoms with Crippen molar-refractivity contribution in [3.8, 4) is 5.75 Å². The number of morpholine rings is 1. The molecule has 0 aliphatic carbocycles. The van der Waals surface area contributed by atoms with Gasteiger partial charge in [-0.2, -0.15) is 0 Å². The Balaban J connectivity index is 0.00000208. The largest absolute Gasteiger partial charge is 0.489 e. The van der Waals surface area contributed by atoms with Crippen molar-refractivity contribution in [2.45, 2.75) is 25.0 Å². The lowest BCUT2D eigenvalue weighted by Gasteiger charge is -2.36. The van der Waals surface area contributed by atoms with Crippen LogP contribution in [0.15, 0.2) is 18.2 Å². The van der Waals surface area contributed by atoms with Gasteiger partial charge in [0.1, 0.15) is 17.9 Å². The van der Waals surface area contributed by atoms with Gasteiger partial charge in [-0.05, 0) is 25.0 Å². The van der Waals surface area contributed by atoms with Crippen molar-refractivity contribution < 1.29 is 14.3 Å². The average Bonchev–Trinajstić information content (AvgIpc) is 2.58. The summed E-state index contributed by atoms with van der Waals surface area (Å²) in [6, 6.07) is 4.98. The Morgan fingerprint density at radius 3 is 2.88 bits per heavy atom. The average molecular weight is 396 g/mol. The summed E-state index contributed by atoms with van der Waals surface area (Å²) in [5.41, 5.74) is 0. The van der Waals surface area contributed by atoms with Gasteiger partial charge < -0.3 is 19.7 Å². The van der Waals surface area contributed by atoms with E-state index in [2.05, 4.69) is 5.32 Å². The van der Waals surface area contributed by atoms with Crippen molar-refractivity contribution in [1.29, 1.82) is 0 Å². The SMILES string of the molecule is Cl.O=C(C1COCCN1)N1CCCC(Oc2ccc(Cl)c(Cl)c2)C1. The summed E-state index contributed by atoms with van der Waals surface area (Å²) in [5.74, 6) is 0.768. The predicted octanol–water partition coefficient (Wildman–Crippen LogP) is 2.77. The van der Waals surface area contributed by atoms with Crippen LogP contribution < -0.4 is 10.1 Å². The number of carbonyl (C=O) groups excluding carboxylic acids is 1. The lowest BCUT2D eigenvalue weighted by molar-refractivity contribution is -0.139. The van der Waals surface area contributed by atoms with Crippen LogP contribution in [0.1, 0.15) is 12.8 Å². The summed E-state index contributed by atoms with van der Waals surface area (Å²) in [7, 11) is 0. The first-order chi connectivity index (χ1) is 11.1. The van der Waals surface area contributed by atoms with E-state index in [1.807, 2.05) is 4.90 Å². The first-order valence-electron chi connectivity index (χ1n) is 7.85. The van der Waals surface area contributed by atoms with E-state index in [1.165, 1.54) is 0 Å². The van der Waals surface area contributed by atoms with Crippen LogP contribution in [0.5, 0.6) is 5.75 Å². The highest BCUT2D eigenvalue weighted by molar-refractivity contribution is 6.42. The highest BCUT2D eigenvalue weighted by Crippen LogP contribution is 2.28. The monoisotopic (exact) mass is 394 g/mol. The van der Waals surface area contributed by atoms with Crippen molar-refractivity contribution in [2.75, 3.05) is 32.8 Å². The molecular weight excluding hydrogens is 375 g/mol. The lowest BCUT2D eigenvalue weighted by atomic mass is 10.1. The first kappa shape index (κ1) is 19.6. The van der Waals surface area contributed by atoms with Crippen LogP contribution in [0.4, 0.5) is 0 Å². The van der Waals surface area contributed by atoms with Gasteiger partial charge in [0, 0.05) is 19.2 Å². The zero-order chi connectivity index (χ0) is 16.2. The number of halogens is 3. The second kappa shape index (κ2) is 9.11. The molecule has 2 unspecified atom stereocenters. The van der Waals surface area contributed by atoms with Crippen LogP contribution in [0.2, 0.25) is 10.0 Å². The van der Waals surface area contributed by atoms with Gasteiger partial charge in [-0.1, -0.05) is 23.2 Å². The highest BCUT2D eigenvalue weighted by atomic mass is 35.5. The highest BCUT2D eigenvalue weighted by Gasteiger charge is 2.30. The van der Waals surface area contributed by atoms with Crippen LogP contribution in [0.3, 0.4) is 0 Å². The maximum Gasteiger partial charge on any atom is 0.242 e. The molecular formula is C16H21Cl3N2O3. The van der Waals surface area contributed by atoms with Gasteiger partial charge in [-0.15, -0.1) is 12.4 Å². The Labute approximate surface area is 158 Å². The van der Waals surface area contributed by atoms with Crippen LogP contribution in [0.25, 0.3) is 0 Å². The summed E-state index contributed by atoms with van der Waals surface area (Å²) in [5, 5.41) is 4.18. The minimum absolute atomic E-state index is 0. The van der Waals surface area contributed by atoms with Crippen LogP contribution in [0, 0.1) is 0 Å². The van der Waals surface area contributed by atoms with Gasteiger partial charge in [0.2, 0.25) is 5.91 Å². The van der Waals surface area contributed by atoms with Gasteiger partial charge in [0.05, 0.1) is 29.8 Å². The van der Waals surface area contributed by atoms with E-state index >= 15 is 0 Å². The Hall–Kier alpha value is -0.720. The molecule has 0 spiro atoms. The number of rotatable bonds is 3. The molecule has 1 amide bonds. The summed E-state index contributed by atoms with van der Waals surface area (Å²) in [4.78, 5) is 14.4. The molecule has 2 fully saturated rings. The normalized spacial score (nSPS) is 24.2. The zero-order valence-electron chi connectivity index (χ0n) is 13.2. The zero-order valence-corrected chi connectivity index (χ0v) is 15.5. The topological polar surface area (TPSA) is 50.8 Å². The molecule has 8 heteroatoms. The van der Waals surface area contributed by atoms with E-state index in [1.54, 1.807) is 18.2 Å². The molecule has 1 aromatic rings. The van der Waals surface area contributed by atoms with E-state index in [4.69, 9.17) is 32.7 Å². The number of hydrogen-bond acceptors (Lipinski definition) is 4. The molecule has 0 aromatic heterocycles. The molecule has 2 aliphatic rings. The third-order valence-corrected chi connectivity index (χ3v) is 4.84. The Bertz CT molecular complexity index is 567.